The Morgan fingerprint density at radius 1 is 1.19 bits per heavy atom. The standard InChI is InChI=1S/C13H21IO5.C2H6/c1-6-7-17-11-10(19-9(3)14)8(2)18-13(16-5)12(11)15-4;1-2/h1,8-13H,7H2,2-5H3;1-2H3. The average molecular weight is 414 g/mol. The van der Waals surface area contributed by atoms with Crippen LogP contribution in [0.2, 0.25) is 0 Å². The van der Waals surface area contributed by atoms with Crippen molar-refractivity contribution in [1.29, 1.82) is 0 Å². The summed E-state index contributed by atoms with van der Waals surface area (Å²) in [6, 6.07) is 0. The van der Waals surface area contributed by atoms with Crippen LogP contribution in [0.5, 0.6) is 0 Å². The molecule has 0 aromatic heterocycles. The van der Waals surface area contributed by atoms with Crippen LogP contribution in [-0.4, -0.2) is 55.6 Å². The average Bonchev–Trinajstić information content (AvgIpc) is 2.48. The van der Waals surface area contributed by atoms with Crippen LogP contribution in [0, 0.1) is 12.3 Å². The molecule has 1 aliphatic rings. The van der Waals surface area contributed by atoms with Gasteiger partial charge in [0.05, 0.1) is 6.10 Å². The first-order valence-corrected chi connectivity index (χ1v) is 8.35. The molecule has 1 saturated heterocycles. The third-order valence-corrected chi connectivity index (χ3v) is 3.23. The third kappa shape index (κ3) is 6.38. The molecule has 6 heteroatoms. The van der Waals surface area contributed by atoms with Crippen molar-refractivity contribution in [3.8, 4) is 12.3 Å². The molecule has 124 valence electrons. The molecular formula is C15H27IO5. The molecule has 1 fully saturated rings. The first-order chi connectivity index (χ1) is 10.0. The van der Waals surface area contributed by atoms with Crippen LogP contribution in [0.3, 0.4) is 0 Å². The summed E-state index contributed by atoms with van der Waals surface area (Å²) in [5.74, 6) is 2.46. The maximum atomic E-state index is 5.87. The molecule has 1 rings (SSSR count). The predicted molar refractivity (Wildman–Crippen MR) is 90.4 cm³/mol. The van der Waals surface area contributed by atoms with Gasteiger partial charge in [-0.25, -0.2) is 0 Å². The zero-order valence-corrected chi connectivity index (χ0v) is 15.8. The minimum Gasteiger partial charge on any atom is -0.373 e. The van der Waals surface area contributed by atoms with E-state index in [1.165, 1.54) is 0 Å². The smallest absolute Gasteiger partial charge is 0.186 e. The molecular weight excluding hydrogens is 387 g/mol. The van der Waals surface area contributed by atoms with Crippen LogP contribution in [-0.2, 0) is 23.7 Å². The van der Waals surface area contributed by atoms with Crippen molar-refractivity contribution in [2.24, 2.45) is 0 Å². The third-order valence-electron chi connectivity index (χ3n) is 2.94. The van der Waals surface area contributed by atoms with E-state index in [2.05, 4.69) is 28.5 Å². The summed E-state index contributed by atoms with van der Waals surface area (Å²) in [4.78, 5) is 0. The number of methoxy groups -OCH3 is 2. The molecule has 0 bridgehead atoms. The lowest BCUT2D eigenvalue weighted by molar-refractivity contribution is -0.304. The van der Waals surface area contributed by atoms with Crippen LogP contribution in [0.4, 0.5) is 0 Å². The monoisotopic (exact) mass is 414 g/mol. The molecule has 0 spiro atoms. The van der Waals surface area contributed by atoms with Crippen LogP contribution in [0.25, 0.3) is 0 Å². The first kappa shape index (κ1) is 21.1. The van der Waals surface area contributed by atoms with Gasteiger partial charge in [0.15, 0.2) is 6.29 Å². The maximum absolute atomic E-state index is 5.87. The quantitative estimate of drug-likeness (QED) is 0.380. The second kappa shape index (κ2) is 11.6. The van der Waals surface area contributed by atoms with Crippen LogP contribution in [0.1, 0.15) is 27.7 Å². The van der Waals surface area contributed by atoms with Crippen LogP contribution in [0.15, 0.2) is 0 Å². The van der Waals surface area contributed by atoms with Gasteiger partial charge < -0.3 is 23.7 Å². The van der Waals surface area contributed by atoms with E-state index in [1.807, 2.05) is 27.7 Å². The van der Waals surface area contributed by atoms with Gasteiger partial charge in [0.1, 0.15) is 29.0 Å². The predicted octanol–water partition coefficient (Wildman–Crippen LogP) is 2.60. The Morgan fingerprint density at radius 3 is 2.24 bits per heavy atom. The van der Waals surface area contributed by atoms with Crippen LogP contribution < -0.4 is 0 Å². The SMILES string of the molecule is C#CCOC1C(OC(C)I)C(C)OC(OC)C1OC.CC. The van der Waals surface area contributed by atoms with Crippen LogP contribution >= 0.6 is 22.6 Å². The molecule has 0 aliphatic carbocycles. The summed E-state index contributed by atoms with van der Waals surface area (Å²) in [5.41, 5.74) is 0. The van der Waals surface area contributed by atoms with Gasteiger partial charge in [-0.1, -0.05) is 42.4 Å². The van der Waals surface area contributed by atoms with E-state index in [1.54, 1.807) is 14.2 Å². The number of alkyl halides is 1. The molecule has 0 aromatic rings. The Hall–Kier alpha value is 0.0900. The molecule has 6 atom stereocenters. The molecule has 6 unspecified atom stereocenters. The van der Waals surface area contributed by atoms with Crippen molar-refractivity contribution in [3.63, 3.8) is 0 Å². The highest BCUT2D eigenvalue weighted by molar-refractivity contribution is 14.1. The number of hydrogen-bond donors (Lipinski definition) is 0. The minimum atomic E-state index is -0.493. The van der Waals surface area contributed by atoms with E-state index >= 15 is 0 Å². The molecule has 0 N–H and O–H groups in total. The Labute approximate surface area is 142 Å². The molecule has 0 aromatic carbocycles. The van der Waals surface area contributed by atoms with E-state index in [0.29, 0.717) is 0 Å². The summed E-state index contributed by atoms with van der Waals surface area (Å²) in [6.07, 6.45) is 3.64. The Bertz CT molecular complexity index is 305. The number of halogens is 1. The van der Waals surface area contributed by atoms with Gasteiger partial charge in [0.25, 0.3) is 0 Å². The molecule has 0 amide bonds. The molecule has 0 saturated carbocycles. The van der Waals surface area contributed by atoms with Crippen molar-refractivity contribution >= 4 is 22.6 Å². The molecule has 1 aliphatic heterocycles. The lowest BCUT2D eigenvalue weighted by Crippen LogP contribution is -2.60. The number of terminal acetylenes is 1. The van der Waals surface area contributed by atoms with Crippen molar-refractivity contribution in [2.75, 3.05) is 20.8 Å². The van der Waals surface area contributed by atoms with Crippen molar-refractivity contribution in [3.05, 3.63) is 0 Å². The van der Waals surface area contributed by atoms with Gasteiger partial charge in [-0.2, -0.15) is 0 Å². The molecule has 21 heavy (non-hydrogen) atoms. The Balaban J connectivity index is 0.00000191. The second-order valence-electron chi connectivity index (χ2n) is 4.27. The highest BCUT2D eigenvalue weighted by atomic mass is 127. The largest absolute Gasteiger partial charge is 0.373 e. The first-order valence-electron chi connectivity index (χ1n) is 7.10. The van der Waals surface area contributed by atoms with Gasteiger partial charge >= 0.3 is 0 Å². The highest BCUT2D eigenvalue weighted by Gasteiger charge is 2.46. The fraction of sp³-hybridized carbons (Fsp3) is 0.867. The Morgan fingerprint density at radius 2 is 1.81 bits per heavy atom. The minimum absolute atomic E-state index is 0.0298. The summed E-state index contributed by atoms with van der Waals surface area (Å²) >= 11 is 2.19. The van der Waals surface area contributed by atoms with E-state index < -0.39 is 6.29 Å². The van der Waals surface area contributed by atoms with Crippen molar-refractivity contribution < 1.29 is 23.7 Å². The van der Waals surface area contributed by atoms with Gasteiger partial charge in [-0.15, -0.1) is 6.42 Å². The van der Waals surface area contributed by atoms with E-state index in [4.69, 9.17) is 30.1 Å². The fourth-order valence-corrected chi connectivity index (χ4v) is 2.49. The van der Waals surface area contributed by atoms with Gasteiger partial charge in [0.2, 0.25) is 0 Å². The van der Waals surface area contributed by atoms with Gasteiger partial charge in [-0.05, 0) is 13.8 Å². The fourth-order valence-electron chi connectivity index (χ4n) is 2.15. The molecule has 1 heterocycles. The molecule has 0 radical (unpaired) electrons. The zero-order chi connectivity index (χ0) is 16.4. The summed E-state index contributed by atoms with van der Waals surface area (Å²) in [6.45, 7) is 8.08. The van der Waals surface area contributed by atoms with Gasteiger partial charge in [-0.3, -0.25) is 0 Å². The lowest BCUT2D eigenvalue weighted by Gasteiger charge is -2.44. The number of ether oxygens (including phenoxy) is 5. The lowest BCUT2D eigenvalue weighted by atomic mass is 9.99. The molecule has 5 nitrogen and oxygen atoms in total. The van der Waals surface area contributed by atoms with E-state index in [9.17, 15) is 0 Å². The Kier molecular flexibility index (Phi) is 11.7. The van der Waals surface area contributed by atoms with Crippen molar-refractivity contribution in [2.45, 2.75) is 62.5 Å². The summed E-state index contributed by atoms with van der Waals surface area (Å²) < 4.78 is 28.1. The normalized spacial score (nSPS) is 33.5. The topological polar surface area (TPSA) is 46.2 Å². The highest BCUT2D eigenvalue weighted by Crippen LogP contribution is 2.29. The number of hydrogen-bond acceptors (Lipinski definition) is 5. The number of rotatable bonds is 6. The van der Waals surface area contributed by atoms with E-state index in [-0.39, 0.29) is 35.1 Å². The van der Waals surface area contributed by atoms with E-state index in [0.717, 1.165) is 0 Å². The summed E-state index contributed by atoms with van der Waals surface area (Å²) in [5, 5.41) is 0. The zero-order valence-electron chi connectivity index (χ0n) is 13.7. The second-order valence-corrected chi connectivity index (χ2v) is 6.02. The maximum Gasteiger partial charge on any atom is 0.186 e. The van der Waals surface area contributed by atoms with Gasteiger partial charge in [0, 0.05) is 14.2 Å². The summed E-state index contributed by atoms with van der Waals surface area (Å²) in [7, 11) is 3.16. The van der Waals surface area contributed by atoms with Crippen molar-refractivity contribution in [1.82, 2.24) is 0 Å².